The van der Waals surface area contributed by atoms with Gasteiger partial charge in [-0.15, -0.1) is 0 Å². The number of amides is 2. The molecule has 0 radical (unpaired) electrons. The molecule has 0 atom stereocenters. The van der Waals surface area contributed by atoms with Gasteiger partial charge in [-0.25, -0.2) is 14.8 Å². The fourth-order valence-electron chi connectivity index (χ4n) is 3.48. The smallest absolute Gasteiger partial charge is 0.409 e. The number of aromatic nitrogens is 2. The van der Waals surface area contributed by atoms with Crippen molar-refractivity contribution in [3.05, 3.63) is 11.2 Å². The number of halogens is 1. The van der Waals surface area contributed by atoms with Crippen LogP contribution in [0.2, 0.25) is 5.15 Å². The van der Waals surface area contributed by atoms with Gasteiger partial charge < -0.3 is 24.3 Å². The van der Waals surface area contributed by atoms with Gasteiger partial charge in [0, 0.05) is 58.4 Å². The molecule has 0 spiro atoms. The fourth-order valence-corrected chi connectivity index (χ4v) is 4.46. The quantitative estimate of drug-likeness (QED) is 0.363. The molecular weight excluding hydrogens is 428 g/mol. The summed E-state index contributed by atoms with van der Waals surface area (Å²) in [6, 6.07) is 1.78. The molecule has 1 aromatic heterocycles. The molecule has 9 nitrogen and oxygen atoms in total. The maximum atomic E-state index is 12.6. The van der Waals surface area contributed by atoms with Crippen LogP contribution < -0.4 is 4.90 Å². The van der Waals surface area contributed by atoms with Crippen LogP contribution in [0.3, 0.4) is 0 Å². The molecular formula is C19H29ClN6O3S. The van der Waals surface area contributed by atoms with Crippen LogP contribution in [0.4, 0.5) is 10.6 Å². The molecule has 0 N–H and O–H groups in total. The maximum Gasteiger partial charge on any atom is 0.409 e. The Balaban J connectivity index is 1.50. The highest BCUT2D eigenvalue weighted by Crippen LogP contribution is 2.23. The van der Waals surface area contributed by atoms with Crippen molar-refractivity contribution in [2.75, 3.05) is 76.2 Å². The van der Waals surface area contributed by atoms with Crippen molar-refractivity contribution >= 4 is 41.2 Å². The van der Waals surface area contributed by atoms with Gasteiger partial charge in [0.05, 0.1) is 12.4 Å². The van der Waals surface area contributed by atoms with Crippen molar-refractivity contribution in [2.24, 2.45) is 0 Å². The number of hydrogen-bond donors (Lipinski definition) is 0. The molecule has 0 saturated carbocycles. The van der Waals surface area contributed by atoms with Crippen LogP contribution in [-0.4, -0.2) is 108 Å². The average Bonchev–Trinajstić information content (AvgIpc) is 2.77. The molecule has 0 aromatic carbocycles. The van der Waals surface area contributed by atoms with Crippen molar-refractivity contribution in [2.45, 2.75) is 19.0 Å². The lowest BCUT2D eigenvalue weighted by Gasteiger charge is -2.35. The lowest BCUT2D eigenvalue weighted by molar-refractivity contribution is -0.129. The molecule has 166 valence electrons. The zero-order chi connectivity index (χ0) is 21.5. The summed E-state index contributed by atoms with van der Waals surface area (Å²) in [6.07, 6.45) is -0.321. The number of nitrogens with zero attached hydrogens (tertiary/aromatic N) is 6. The van der Waals surface area contributed by atoms with E-state index in [1.54, 1.807) is 22.8 Å². The molecule has 3 heterocycles. The fraction of sp³-hybridized carbons (Fsp3) is 0.684. The Morgan fingerprint density at radius 2 is 1.70 bits per heavy atom. The standard InChI is InChI=1S/C19H29ClN6O3S/c1-3-23-5-7-24(8-6-23)16-13-15(20)21-18(22-16)30-14-17(27)25-9-11-26(12-10-25)19(28)29-4-2/h13H,3-12,14H2,1-2H3. The van der Waals surface area contributed by atoms with Crippen LogP contribution in [0.25, 0.3) is 0 Å². The number of likely N-dealkylation sites (N-methyl/N-ethyl adjacent to an activating group) is 1. The predicted octanol–water partition coefficient (Wildman–Crippen LogP) is 1.66. The first kappa shape index (κ1) is 22.9. The summed E-state index contributed by atoms with van der Waals surface area (Å²) in [7, 11) is 0. The van der Waals surface area contributed by atoms with Crippen LogP contribution in [0, 0.1) is 0 Å². The molecule has 2 saturated heterocycles. The Bertz CT molecular complexity index is 739. The second kappa shape index (κ2) is 11.0. The van der Waals surface area contributed by atoms with E-state index in [0.717, 1.165) is 38.5 Å². The molecule has 2 aliphatic heterocycles. The van der Waals surface area contributed by atoms with Crippen molar-refractivity contribution in [1.29, 1.82) is 0 Å². The zero-order valence-electron chi connectivity index (χ0n) is 17.5. The van der Waals surface area contributed by atoms with Crippen LogP contribution in [-0.2, 0) is 9.53 Å². The van der Waals surface area contributed by atoms with E-state index in [1.165, 1.54) is 11.8 Å². The summed E-state index contributed by atoms with van der Waals surface area (Å²) in [5.41, 5.74) is 0. The van der Waals surface area contributed by atoms with E-state index >= 15 is 0 Å². The minimum atomic E-state index is -0.321. The molecule has 2 aliphatic rings. The molecule has 2 amide bonds. The summed E-state index contributed by atoms with van der Waals surface area (Å²) in [5, 5.41) is 0.893. The number of carbonyl (C=O) groups excluding carboxylic acids is 2. The third-order valence-corrected chi connectivity index (χ3v) is 6.31. The van der Waals surface area contributed by atoms with Gasteiger partial charge in [-0.05, 0) is 13.5 Å². The molecule has 0 aliphatic carbocycles. The SMILES string of the molecule is CCOC(=O)N1CCN(C(=O)CSc2nc(Cl)cc(N3CCN(CC)CC3)n2)CC1. The van der Waals surface area contributed by atoms with Crippen molar-refractivity contribution in [3.8, 4) is 0 Å². The van der Waals surface area contributed by atoms with Gasteiger partial charge in [-0.2, -0.15) is 0 Å². The predicted molar refractivity (Wildman–Crippen MR) is 117 cm³/mol. The number of carbonyl (C=O) groups is 2. The number of piperazine rings is 2. The van der Waals surface area contributed by atoms with Crippen molar-refractivity contribution in [3.63, 3.8) is 0 Å². The van der Waals surface area contributed by atoms with E-state index in [2.05, 4.69) is 26.7 Å². The van der Waals surface area contributed by atoms with Gasteiger partial charge in [0.1, 0.15) is 11.0 Å². The van der Waals surface area contributed by atoms with Gasteiger partial charge >= 0.3 is 6.09 Å². The Hall–Kier alpha value is -1.78. The van der Waals surface area contributed by atoms with Gasteiger partial charge in [0.15, 0.2) is 5.16 Å². The molecule has 0 bridgehead atoms. The first-order chi connectivity index (χ1) is 14.5. The van der Waals surface area contributed by atoms with Crippen LogP contribution >= 0.6 is 23.4 Å². The van der Waals surface area contributed by atoms with E-state index in [1.807, 2.05) is 0 Å². The molecule has 2 fully saturated rings. The lowest BCUT2D eigenvalue weighted by atomic mass is 10.3. The zero-order valence-corrected chi connectivity index (χ0v) is 19.1. The number of thioether (sulfide) groups is 1. The monoisotopic (exact) mass is 456 g/mol. The molecule has 1 aromatic rings. The van der Waals surface area contributed by atoms with Gasteiger partial charge in [-0.3, -0.25) is 4.79 Å². The van der Waals surface area contributed by atoms with E-state index in [4.69, 9.17) is 16.3 Å². The Morgan fingerprint density at radius 3 is 2.33 bits per heavy atom. The highest BCUT2D eigenvalue weighted by atomic mass is 35.5. The third-order valence-electron chi connectivity index (χ3n) is 5.29. The summed E-state index contributed by atoms with van der Waals surface area (Å²) in [4.78, 5) is 41.2. The summed E-state index contributed by atoms with van der Waals surface area (Å²) in [5.74, 6) is 1.05. The van der Waals surface area contributed by atoms with E-state index < -0.39 is 0 Å². The normalized spacial score (nSPS) is 17.9. The highest BCUT2D eigenvalue weighted by Gasteiger charge is 2.25. The number of anilines is 1. The summed E-state index contributed by atoms with van der Waals surface area (Å²) < 4.78 is 5.01. The number of rotatable bonds is 6. The second-order valence-electron chi connectivity index (χ2n) is 7.11. The largest absolute Gasteiger partial charge is 0.450 e. The van der Waals surface area contributed by atoms with Crippen LogP contribution in [0.1, 0.15) is 13.8 Å². The van der Waals surface area contributed by atoms with Crippen LogP contribution in [0.15, 0.2) is 11.2 Å². The molecule has 30 heavy (non-hydrogen) atoms. The minimum absolute atomic E-state index is 0.00481. The average molecular weight is 457 g/mol. The Labute approximate surface area is 186 Å². The van der Waals surface area contributed by atoms with Crippen molar-refractivity contribution in [1.82, 2.24) is 24.7 Å². The first-order valence-electron chi connectivity index (χ1n) is 10.3. The van der Waals surface area contributed by atoms with E-state index in [-0.39, 0.29) is 17.8 Å². The topological polar surface area (TPSA) is 82.1 Å². The Morgan fingerprint density at radius 1 is 1.03 bits per heavy atom. The van der Waals surface area contributed by atoms with Gasteiger partial charge in [0.2, 0.25) is 5.91 Å². The molecule has 0 unspecified atom stereocenters. The lowest BCUT2D eigenvalue weighted by Crippen LogP contribution is -2.51. The minimum Gasteiger partial charge on any atom is -0.450 e. The van der Waals surface area contributed by atoms with Crippen molar-refractivity contribution < 1.29 is 14.3 Å². The van der Waals surface area contributed by atoms with E-state index in [9.17, 15) is 9.59 Å². The second-order valence-corrected chi connectivity index (χ2v) is 8.44. The maximum absolute atomic E-state index is 12.6. The first-order valence-corrected chi connectivity index (χ1v) is 11.7. The Kier molecular flexibility index (Phi) is 8.41. The van der Waals surface area contributed by atoms with E-state index in [0.29, 0.717) is 43.1 Å². The highest BCUT2D eigenvalue weighted by molar-refractivity contribution is 7.99. The summed E-state index contributed by atoms with van der Waals surface area (Å²) in [6.45, 7) is 11.1. The molecule has 3 rings (SSSR count). The van der Waals surface area contributed by atoms with Gasteiger partial charge in [0.25, 0.3) is 0 Å². The van der Waals surface area contributed by atoms with Crippen LogP contribution in [0.5, 0.6) is 0 Å². The number of ether oxygens (including phenoxy) is 1. The number of hydrogen-bond acceptors (Lipinski definition) is 8. The molecule has 11 heteroatoms. The third kappa shape index (κ3) is 6.12. The van der Waals surface area contributed by atoms with Gasteiger partial charge in [-0.1, -0.05) is 30.3 Å². The summed E-state index contributed by atoms with van der Waals surface area (Å²) >= 11 is 7.51.